The fraction of sp³-hybridized carbons (Fsp3) is 0.388. The summed E-state index contributed by atoms with van der Waals surface area (Å²) in [5.41, 5.74) is 23.0. The van der Waals surface area contributed by atoms with E-state index in [-0.39, 0.29) is 35.4 Å². The van der Waals surface area contributed by atoms with Crippen molar-refractivity contribution in [3.05, 3.63) is 267 Å². The van der Waals surface area contributed by atoms with Crippen molar-refractivity contribution in [3.8, 4) is 11.3 Å². The molecule has 138 heavy (non-hydrogen) atoms. The molecule has 6 amide bonds. The summed E-state index contributed by atoms with van der Waals surface area (Å²) >= 11 is 0. The molecular weight excluding hydrogens is 1730 g/mol. The van der Waals surface area contributed by atoms with E-state index in [0.29, 0.717) is 90.0 Å². The van der Waals surface area contributed by atoms with Crippen molar-refractivity contribution in [2.75, 3.05) is 34.9 Å². The molecule has 6 saturated carbocycles. The van der Waals surface area contributed by atoms with E-state index in [1.54, 1.807) is 77.9 Å². The van der Waals surface area contributed by atoms with Gasteiger partial charge in [0.05, 0.1) is 24.2 Å². The minimum atomic E-state index is -1.02. The largest absolute Gasteiger partial charge is 0.478 e. The molecule has 0 atom stereocenters. The van der Waals surface area contributed by atoms with E-state index in [2.05, 4.69) is 135 Å². The lowest BCUT2D eigenvalue weighted by molar-refractivity contribution is -0.135. The summed E-state index contributed by atoms with van der Waals surface area (Å²) in [6.45, 7) is 3.65. The number of esters is 1. The Kier molecular flexibility index (Phi) is 28.0. The number of rotatable bonds is 21. The van der Waals surface area contributed by atoms with Crippen LogP contribution in [-0.4, -0.2) is 108 Å². The number of methoxy groups -OCH3 is 1. The number of anilines is 4. The zero-order valence-electron chi connectivity index (χ0n) is 79.1. The van der Waals surface area contributed by atoms with Gasteiger partial charge in [0.2, 0.25) is 17.7 Å². The maximum atomic E-state index is 14.0. The van der Waals surface area contributed by atoms with E-state index in [9.17, 15) is 43.2 Å². The molecule has 3 aliphatic heterocycles. The van der Waals surface area contributed by atoms with Crippen LogP contribution in [0, 0.1) is 0 Å². The average molecular weight is 1850 g/mol. The number of ether oxygens (including phenoxy) is 1. The van der Waals surface area contributed by atoms with Crippen molar-refractivity contribution in [3.63, 3.8) is 0 Å². The number of hydrogen-bond donors (Lipinski definition) is 9. The molecule has 0 saturated heterocycles. The monoisotopic (exact) mass is 1850 g/mol. The topological polar surface area (TPSA) is 302 Å². The number of benzene rings is 7. The van der Waals surface area contributed by atoms with E-state index in [0.717, 1.165) is 161 Å². The molecule has 22 heteroatoms. The van der Waals surface area contributed by atoms with Crippen LogP contribution in [0.4, 0.5) is 22.7 Å². The smallest absolute Gasteiger partial charge is 0.330 e. The Labute approximate surface area is 806 Å². The van der Waals surface area contributed by atoms with Crippen LogP contribution < -0.4 is 37.2 Å². The van der Waals surface area contributed by atoms with Gasteiger partial charge >= 0.3 is 17.9 Å². The van der Waals surface area contributed by atoms with Crippen molar-refractivity contribution in [1.82, 2.24) is 29.7 Å². The van der Waals surface area contributed by atoms with Crippen LogP contribution in [0.2, 0.25) is 0 Å². The van der Waals surface area contributed by atoms with Crippen LogP contribution in [0.3, 0.4) is 0 Å². The summed E-state index contributed by atoms with van der Waals surface area (Å²) in [4.78, 5) is 116. The molecule has 9 N–H and O–H groups in total. The molecule has 11 aliphatic rings. The molecule has 10 aromatic rings. The highest BCUT2D eigenvalue weighted by molar-refractivity contribution is 6.10. The molecule has 6 heterocycles. The van der Waals surface area contributed by atoms with Gasteiger partial charge in [0, 0.05) is 122 Å². The Balaban J connectivity index is 0.000000132. The summed E-state index contributed by atoms with van der Waals surface area (Å²) < 4.78 is 12.1. The highest BCUT2D eigenvalue weighted by Gasteiger charge is 2.47. The van der Waals surface area contributed by atoms with E-state index in [1.807, 2.05) is 36.4 Å². The van der Waals surface area contributed by atoms with Crippen molar-refractivity contribution >= 4 is 138 Å². The van der Waals surface area contributed by atoms with Crippen molar-refractivity contribution in [2.45, 2.75) is 272 Å². The molecule has 21 rings (SSSR count). The first-order valence-electron chi connectivity index (χ1n) is 50.7. The van der Waals surface area contributed by atoms with Gasteiger partial charge in [-0.15, -0.1) is 0 Å². The van der Waals surface area contributed by atoms with Gasteiger partial charge in [-0.3, -0.25) is 28.8 Å². The Bertz CT molecular complexity index is 6610. The zero-order chi connectivity index (χ0) is 95.0. The quantitative estimate of drug-likeness (QED) is 0.0239. The second-order valence-electron chi connectivity index (χ2n) is 39.9. The second kappa shape index (κ2) is 41.3. The van der Waals surface area contributed by atoms with Crippen molar-refractivity contribution in [1.29, 1.82) is 0 Å². The van der Waals surface area contributed by atoms with Gasteiger partial charge in [0.15, 0.2) is 0 Å². The van der Waals surface area contributed by atoms with Crippen molar-refractivity contribution in [2.24, 2.45) is 0 Å². The minimum absolute atomic E-state index is 0.194. The Morgan fingerprint density at radius 3 is 1.09 bits per heavy atom. The molecule has 7 aromatic carbocycles. The van der Waals surface area contributed by atoms with Crippen LogP contribution in [0.15, 0.2) is 205 Å². The Morgan fingerprint density at radius 1 is 0.384 bits per heavy atom. The number of nitrogens with one attached hydrogen (secondary N) is 7. The fourth-order valence-electron chi connectivity index (χ4n) is 24.2. The predicted molar refractivity (Wildman–Crippen MR) is 547 cm³/mol. The highest BCUT2D eigenvalue weighted by Crippen LogP contribution is 2.52. The summed E-state index contributed by atoms with van der Waals surface area (Å²) in [6, 6.07) is 48.4. The summed E-state index contributed by atoms with van der Waals surface area (Å²) in [6.07, 6.45) is 52.5. The Hall–Kier alpha value is -13.6. The number of para-hydroxylation sites is 1. The number of hydrogen-bond acceptors (Lipinski definition) is 11. The number of allylic oxidation sites excluding steroid dienone is 8. The molecule has 0 bridgehead atoms. The van der Waals surface area contributed by atoms with Gasteiger partial charge in [-0.2, -0.15) is 0 Å². The molecular formula is C116H126N10O12. The van der Waals surface area contributed by atoms with Crippen LogP contribution in [0.25, 0.3) is 73.3 Å². The van der Waals surface area contributed by atoms with Crippen LogP contribution in [-0.2, 0) is 53.1 Å². The lowest BCUT2D eigenvalue weighted by atomic mass is 9.81. The molecule has 0 unspecified atom stereocenters. The Morgan fingerprint density at radius 2 is 0.725 bits per heavy atom. The van der Waals surface area contributed by atoms with E-state index >= 15 is 0 Å². The molecule has 22 nitrogen and oxygen atoms in total. The first-order valence-corrected chi connectivity index (χ1v) is 50.7. The first-order chi connectivity index (χ1) is 67.3. The van der Waals surface area contributed by atoms with Crippen LogP contribution in [0.1, 0.15) is 312 Å². The molecule has 0 radical (unpaired) electrons. The van der Waals surface area contributed by atoms with Gasteiger partial charge in [0.25, 0.3) is 17.7 Å². The molecule has 3 aromatic heterocycles. The maximum Gasteiger partial charge on any atom is 0.330 e. The first kappa shape index (κ1) is 93.4. The number of amides is 6. The highest BCUT2D eigenvalue weighted by atomic mass is 16.5. The number of aryl methyl sites for hydroxylation is 3. The van der Waals surface area contributed by atoms with Crippen LogP contribution in [0.5, 0.6) is 0 Å². The molecule has 712 valence electrons. The molecule has 0 spiro atoms. The van der Waals surface area contributed by atoms with Gasteiger partial charge in [-0.05, 0) is 281 Å². The number of nitrogens with zero attached hydrogens (tertiary/aromatic N) is 3. The summed E-state index contributed by atoms with van der Waals surface area (Å²) in [5, 5.41) is 43.8. The van der Waals surface area contributed by atoms with Crippen LogP contribution >= 0.6 is 0 Å². The van der Waals surface area contributed by atoms with E-state index < -0.39 is 34.5 Å². The number of aromatic nitrogens is 3. The third-order valence-electron chi connectivity index (χ3n) is 31.2. The third kappa shape index (κ3) is 19.7. The number of carbonyl (C=O) groups is 9. The number of aliphatic carboxylic acids is 2. The predicted octanol–water partition coefficient (Wildman–Crippen LogP) is 24.0. The van der Waals surface area contributed by atoms with Gasteiger partial charge in [0.1, 0.15) is 16.6 Å². The molecule has 8 aliphatic carbocycles. The summed E-state index contributed by atoms with van der Waals surface area (Å²) in [5.74, 6) is -2.16. The van der Waals surface area contributed by atoms with E-state index in [4.69, 9.17) is 10.2 Å². The number of carbonyl (C=O) groups excluding carboxylic acids is 7. The second-order valence-corrected chi connectivity index (χ2v) is 39.9. The zero-order valence-corrected chi connectivity index (χ0v) is 79.1. The van der Waals surface area contributed by atoms with Gasteiger partial charge in [-0.1, -0.05) is 205 Å². The minimum Gasteiger partial charge on any atom is -0.478 e. The normalized spacial score (nSPS) is 18.8. The fourth-order valence-corrected chi connectivity index (χ4v) is 24.2. The number of carboxylic acid groups (broad SMARTS) is 2. The van der Waals surface area contributed by atoms with E-state index in [1.165, 1.54) is 188 Å². The van der Waals surface area contributed by atoms with Gasteiger partial charge in [-0.25, -0.2) is 14.4 Å². The lowest BCUT2D eigenvalue weighted by Crippen LogP contribution is -2.55. The SMILES string of the molecule is COC(=O)/C=C/c1ccc(NC(=O)C2(NC(=O)c3ccc4c(C5CCCCC5)c5n(c4c3)CCCC3=C5C=CC3)CCCC2)cc1.O=C(O)/C=C/c1ccc(NC(=O)C2(NC(=O)c3ccc4c(C5CCCCC5)c5n(c4c3)CCCC3=C5C=CC3)CCCC2)cc1.O=C(O)/C=C/c1ccc(NC(=O)C2(NC(=O)c3ccc4c(C5CCCCC5)c5n(c4c3)CCCNc3ccccc3-5)CCCC2)cc1. The summed E-state index contributed by atoms with van der Waals surface area (Å²) in [7, 11) is 1.34. The third-order valence-corrected chi connectivity index (χ3v) is 31.2. The van der Waals surface area contributed by atoms with Crippen molar-refractivity contribution < 1.29 is 58.1 Å². The van der Waals surface area contributed by atoms with Gasteiger partial charge < -0.3 is 65.9 Å². The number of carboxylic acids is 2. The number of fused-ring (bicyclic) bond motifs is 13. The molecule has 6 fully saturated rings. The standard InChI is InChI=1S/C39H42N4O4.C39H43N3O4.C38H41N3O4/c44-34(45)20-15-26-13-17-29(18-14-26)41-38(47)39(21-6-7-22-39)42-37(46)28-16-19-31-33(25-28)43-24-8-23-40-32-12-5-4-11-30(32)36(43)35(31)27-9-2-1-3-10-27;1-46-34(43)21-16-26-14-18-30(19-15-26)40-38(45)39(22-5-6-23-39)41-37(44)29-17-20-32-33(25-29)42-24-8-12-27-11-7-13-31(27)36(42)35(32)28-9-3-2-4-10-28;42-33(43)20-15-25-13-17-29(18-14-25)39-37(45)38(21-4-5-22-38)40-36(44)28-16-19-31-32(24-28)41-23-7-11-26-10-6-12-30(26)35(41)34(31)27-8-2-1-3-9-27/h4-5,11-20,25,27,40H,1-3,6-10,21-24H2,(H,41,47)(H,42,46)(H,44,45);7,13-21,25,28H,2-6,8-12,22-24H2,1H3,(H,40,45)(H,41,44);6,12-20,24,27H,1-5,7-11,21-23H2,(H,39,45)(H,40,44)(H,42,43)/b20-15+;21-16+;20-15+. The average Bonchev–Trinajstić information content (AvgIpc) is 1.58. The lowest BCUT2D eigenvalue weighted by Gasteiger charge is -2.29. The maximum absolute atomic E-state index is 14.0.